The number of carboxylic acid groups (broad SMARTS) is 4. The Balaban J connectivity index is -0.000000101. The molecule has 0 aromatic heterocycles. The molecule has 4 unspecified atom stereocenters. The Morgan fingerprint density at radius 3 is 0.595 bits per heavy atom. The van der Waals surface area contributed by atoms with Crippen molar-refractivity contribution in [3.63, 3.8) is 0 Å². The summed E-state index contributed by atoms with van der Waals surface area (Å²) < 4.78 is 0. The summed E-state index contributed by atoms with van der Waals surface area (Å²) in [5.74, 6) is -3.02. The van der Waals surface area contributed by atoms with Crippen molar-refractivity contribution in [2.24, 2.45) is 23.7 Å². The van der Waals surface area contributed by atoms with Crippen molar-refractivity contribution in [1.82, 2.24) is 0 Å². The summed E-state index contributed by atoms with van der Waals surface area (Å²) in [4.78, 5) is 41.7. The van der Waals surface area contributed by atoms with Gasteiger partial charge in [-0.05, 0) is 51.4 Å². The van der Waals surface area contributed by atoms with Gasteiger partial charge in [0, 0.05) is 34.1 Å². The first-order chi connectivity index (χ1) is 18.9. The molecule has 0 saturated heterocycles. The van der Waals surface area contributed by atoms with Crippen molar-refractivity contribution in [3.8, 4) is 0 Å². The molecule has 0 bridgehead atoms. The van der Waals surface area contributed by atoms with Crippen molar-refractivity contribution in [2.45, 2.75) is 158 Å². The maximum absolute atomic E-state index is 10.4. The van der Waals surface area contributed by atoms with Gasteiger partial charge in [0.25, 0.3) is 0 Å². The summed E-state index contributed by atoms with van der Waals surface area (Å²) in [6, 6.07) is 0. The van der Waals surface area contributed by atoms with Crippen LogP contribution in [-0.2, 0) is 53.3 Å². The quantitative estimate of drug-likeness (QED) is 0.0918. The van der Waals surface area contributed by atoms with Crippen LogP contribution in [0.2, 0.25) is 0 Å². The van der Waals surface area contributed by atoms with E-state index >= 15 is 0 Å². The second kappa shape index (κ2) is 39.9. The molecule has 2 radical (unpaired) electrons. The Bertz CT molecular complexity index is 513. The van der Waals surface area contributed by atoms with Crippen LogP contribution in [-0.4, -0.2) is 44.3 Å². The summed E-state index contributed by atoms with van der Waals surface area (Å²) in [6.45, 7) is 16.0. The molecule has 262 valence electrons. The number of carbonyl (C=O) groups is 4. The Morgan fingerprint density at radius 2 is 0.524 bits per heavy atom. The molecule has 0 aromatic rings. The fourth-order valence-electron chi connectivity index (χ4n) is 3.81. The maximum atomic E-state index is 10.4. The van der Waals surface area contributed by atoms with Crippen molar-refractivity contribution < 1.29 is 73.7 Å². The number of hydrogen-bond acceptors (Lipinski definition) is 4. The zero-order valence-corrected chi connectivity index (χ0v) is 29.5. The Kier molecular flexibility index (Phi) is 50.8. The van der Waals surface area contributed by atoms with E-state index in [1.165, 1.54) is 0 Å². The molecule has 0 aliphatic rings. The average Bonchev–Trinajstić information content (AvgIpc) is 2.91. The monoisotopic (exact) mass is 702 g/mol. The van der Waals surface area contributed by atoms with Crippen LogP contribution in [0.1, 0.15) is 158 Å². The second-order valence-corrected chi connectivity index (χ2v) is 10.3. The van der Waals surface area contributed by atoms with Crippen LogP contribution in [0.3, 0.4) is 0 Å². The number of aliphatic carboxylic acids is 4. The summed E-state index contributed by atoms with van der Waals surface area (Å²) in [6.07, 6.45) is 14.9. The van der Waals surface area contributed by atoms with Crippen LogP contribution in [0.15, 0.2) is 0 Å². The van der Waals surface area contributed by atoms with Gasteiger partial charge in [-0.25, -0.2) is 0 Å². The van der Waals surface area contributed by atoms with Gasteiger partial charge < -0.3 is 20.4 Å². The van der Waals surface area contributed by atoms with Crippen molar-refractivity contribution in [3.05, 3.63) is 0 Å². The van der Waals surface area contributed by atoms with Gasteiger partial charge in [-0.2, -0.15) is 0 Å². The minimum atomic E-state index is -0.643. The molecule has 42 heavy (non-hydrogen) atoms. The molecular formula is C32H64Cu2O8. The van der Waals surface area contributed by atoms with Gasteiger partial charge >= 0.3 is 23.9 Å². The van der Waals surface area contributed by atoms with Gasteiger partial charge in [-0.1, -0.05) is 107 Å². The van der Waals surface area contributed by atoms with Crippen LogP contribution in [0.25, 0.3) is 0 Å². The summed E-state index contributed by atoms with van der Waals surface area (Å²) in [5, 5.41) is 34.4. The number of rotatable bonds is 20. The van der Waals surface area contributed by atoms with E-state index in [-0.39, 0.29) is 57.8 Å². The molecule has 0 aromatic carbocycles. The standard InChI is InChI=1S/4C8H16O2.2Cu/c4*1-3-5-6-7(4-2)8(9)10;;/h4*7H,3-6H2,1-2H3,(H,9,10);;. The van der Waals surface area contributed by atoms with Gasteiger partial charge in [0.2, 0.25) is 0 Å². The van der Waals surface area contributed by atoms with Crippen LogP contribution in [0, 0.1) is 23.7 Å². The number of unbranched alkanes of at least 4 members (excludes halogenated alkanes) is 4. The molecular weight excluding hydrogens is 639 g/mol. The first-order valence-electron chi connectivity index (χ1n) is 15.8. The molecule has 0 spiro atoms. The second-order valence-electron chi connectivity index (χ2n) is 10.3. The van der Waals surface area contributed by atoms with Gasteiger partial charge in [0.15, 0.2) is 0 Å². The fourth-order valence-corrected chi connectivity index (χ4v) is 3.81. The molecule has 0 aliphatic heterocycles. The van der Waals surface area contributed by atoms with Gasteiger partial charge in [-0.15, -0.1) is 0 Å². The normalized spacial score (nSPS) is 12.4. The average molecular weight is 704 g/mol. The zero-order valence-electron chi connectivity index (χ0n) is 27.6. The molecule has 0 aliphatic carbocycles. The maximum Gasteiger partial charge on any atom is 0.306 e. The molecule has 0 heterocycles. The molecule has 4 N–H and O–H groups in total. The third-order valence-electron chi connectivity index (χ3n) is 6.99. The summed E-state index contributed by atoms with van der Waals surface area (Å²) in [5.41, 5.74) is 0. The minimum absolute atomic E-state index is 0. The molecule has 0 saturated carbocycles. The Labute approximate surface area is 278 Å². The Morgan fingerprint density at radius 1 is 0.381 bits per heavy atom. The smallest absolute Gasteiger partial charge is 0.306 e. The Hall–Kier alpha value is -1.08. The van der Waals surface area contributed by atoms with E-state index in [2.05, 4.69) is 27.7 Å². The summed E-state index contributed by atoms with van der Waals surface area (Å²) in [7, 11) is 0. The number of carboxylic acids is 4. The SMILES string of the molecule is CCCCC(CC)C(=O)O.CCCCC(CC)C(=O)O.CCCCC(CC)C(=O)O.CCCCC(CC)C(=O)O.[Cu].[Cu]. The van der Waals surface area contributed by atoms with Crippen molar-refractivity contribution in [2.75, 3.05) is 0 Å². The van der Waals surface area contributed by atoms with Gasteiger partial charge in [0.1, 0.15) is 0 Å². The van der Waals surface area contributed by atoms with Gasteiger partial charge in [0.05, 0.1) is 23.7 Å². The predicted octanol–water partition coefficient (Wildman–Crippen LogP) is 9.14. The van der Waals surface area contributed by atoms with E-state index in [1.807, 2.05) is 27.7 Å². The van der Waals surface area contributed by atoms with E-state index in [9.17, 15) is 19.2 Å². The molecule has 4 atom stereocenters. The number of hydrogen-bond donors (Lipinski definition) is 4. The topological polar surface area (TPSA) is 149 Å². The van der Waals surface area contributed by atoms with Crippen LogP contribution < -0.4 is 0 Å². The van der Waals surface area contributed by atoms with E-state index in [1.54, 1.807) is 0 Å². The third-order valence-corrected chi connectivity index (χ3v) is 6.99. The van der Waals surface area contributed by atoms with Crippen LogP contribution in [0.4, 0.5) is 0 Å². The first kappa shape index (κ1) is 53.5. The predicted molar refractivity (Wildman–Crippen MR) is 164 cm³/mol. The third kappa shape index (κ3) is 36.9. The van der Waals surface area contributed by atoms with E-state index in [4.69, 9.17) is 20.4 Å². The van der Waals surface area contributed by atoms with Crippen molar-refractivity contribution >= 4 is 23.9 Å². The molecule has 0 amide bonds. The van der Waals surface area contributed by atoms with Crippen LogP contribution >= 0.6 is 0 Å². The zero-order chi connectivity index (χ0) is 31.9. The van der Waals surface area contributed by atoms with E-state index in [0.29, 0.717) is 0 Å². The summed E-state index contributed by atoms with van der Waals surface area (Å²) >= 11 is 0. The van der Waals surface area contributed by atoms with Crippen molar-refractivity contribution in [1.29, 1.82) is 0 Å². The molecule has 10 heteroatoms. The van der Waals surface area contributed by atoms with Gasteiger partial charge in [-0.3, -0.25) is 19.2 Å². The largest absolute Gasteiger partial charge is 0.481 e. The van der Waals surface area contributed by atoms with E-state index in [0.717, 1.165) is 103 Å². The molecule has 0 rings (SSSR count). The fraction of sp³-hybridized carbons (Fsp3) is 0.875. The molecule has 0 fully saturated rings. The molecule has 8 nitrogen and oxygen atoms in total. The van der Waals surface area contributed by atoms with Crippen LogP contribution in [0.5, 0.6) is 0 Å². The van der Waals surface area contributed by atoms with E-state index < -0.39 is 23.9 Å². The minimum Gasteiger partial charge on any atom is -0.481 e. The first-order valence-corrected chi connectivity index (χ1v) is 15.8.